The number of nitriles is 1. The fourth-order valence-electron chi connectivity index (χ4n) is 1.92. The van der Waals surface area contributed by atoms with Crippen LogP contribution in [0.2, 0.25) is 0 Å². The van der Waals surface area contributed by atoms with Crippen LogP contribution in [0.5, 0.6) is 0 Å². The van der Waals surface area contributed by atoms with Gasteiger partial charge in [0.25, 0.3) is 0 Å². The first-order valence-corrected chi connectivity index (χ1v) is 6.46. The van der Waals surface area contributed by atoms with Gasteiger partial charge < -0.3 is 16.0 Å². The molecule has 0 atom stereocenters. The number of nitrogens with zero attached hydrogens (tertiary/aromatic N) is 2. The lowest BCUT2D eigenvalue weighted by atomic mass is 10.2. The Morgan fingerprint density at radius 3 is 2.76 bits per heavy atom. The molecule has 0 aliphatic heterocycles. The van der Waals surface area contributed by atoms with E-state index >= 15 is 0 Å². The molecule has 0 unspecified atom stereocenters. The summed E-state index contributed by atoms with van der Waals surface area (Å²) in [5.74, 6) is -0.169. The van der Waals surface area contributed by atoms with Crippen LogP contribution in [-0.4, -0.2) is 19.5 Å². The Balaban J connectivity index is 2.02. The number of nitrogens with two attached hydrogens (primary N) is 1. The monoisotopic (exact) mass is 280 g/mol. The van der Waals surface area contributed by atoms with Crippen LogP contribution >= 0.6 is 0 Å². The summed E-state index contributed by atoms with van der Waals surface area (Å²) >= 11 is 0. The minimum Gasteiger partial charge on any atom is -0.397 e. The maximum absolute atomic E-state index is 12.0. The van der Waals surface area contributed by atoms with E-state index in [-0.39, 0.29) is 12.5 Å². The second-order valence-corrected chi connectivity index (χ2v) is 4.65. The van der Waals surface area contributed by atoms with Gasteiger partial charge in [0.05, 0.1) is 29.6 Å². The molecule has 0 aromatic heterocycles. The van der Waals surface area contributed by atoms with Crippen molar-refractivity contribution in [1.29, 1.82) is 5.26 Å². The van der Waals surface area contributed by atoms with Crippen molar-refractivity contribution in [3.8, 4) is 6.07 Å². The first-order chi connectivity index (χ1) is 10.1. The van der Waals surface area contributed by atoms with Gasteiger partial charge in [0.15, 0.2) is 0 Å². The van der Waals surface area contributed by atoms with Crippen LogP contribution in [0, 0.1) is 11.3 Å². The van der Waals surface area contributed by atoms with Gasteiger partial charge in [-0.3, -0.25) is 4.79 Å². The number of anilines is 3. The predicted molar refractivity (Wildman–Crippen MR) is 83.9 cm³/mol. The first kappa shape index (κ1) is 14.4. The highest BCUT2D eigenvalue weighted by atomic mass is 16.2. The highest BCUT2D eigenvalue weighted by Gasteiger charge is 2.09. The zero-order chi connectivity index (χ0) is 15.2. The minimum absolute atomic E-state index is 0.169. The van der Waals surface area contributed by atoms with Gasteiger partial charge in [-0.1, -0.05) is 18.2 Å². The van der Waals surface area contributed by atoms with E-state index in [1.54, 1.807) is 42.3 Å². The summed E-state index contributed by atoms with van der Waals surface area (Å²) in [6.07, 6.45) is 0. The molecule has 0 spiro atoms. The van der Waals surface area contributed by atoms with Crippen molar-refractivity contribution in [3.05, 3.63) is 54.1 Å². The van der Waals surface area contributed by atoms with Gasteiger partial charge in [0, 0.05) is 12.7 Å². The number of benzene rings is 2. The number of likely N-dealkylation sites (N-methyl/N-ethyl adjacent to an activating group) is 1. The molecule has 3 N–H and O–H groups in total. The molecule has 5 heteroatoms. The number of hydrogen-bond acceptors (Lipinski definition) is 4. The third-order valence-corrected chi connectivity index (χ3v) is 3.03. The fourth-order valence-corrected chi connectivity index (χ4v) is 1.92. The average molecular weight is 280 g/mol. The molecule has 0 aliphatic rings. The second-order valence-electron chi connectivity index (χ2n) is 4.65. The molecule has 2 aromatic carbocycles. The third-order valence-electron chi connectivity index (χ3n) is 3.03. The van der Waals surface area contributed by atoms with Gasteiger partial charge >= 0.3 is 0 Å². The van der Waals surface area contributed by atoms with Gasteiger partial charge in [0.1, 0.15) is 0 Å². The Kier molecular flexibility index (Phi) is 4.42. The van der Waals surface area contributed by atoms with E-state index in [2.05, 4.69) is 11.4 Å². The standard InChI is InChI=1S/C16H16N4O/c1-20(13-6-4-5-12(9-13)10-17)11-16(21)19-15-8-3-2-7-14(15)18/h2-9H,11,18H2,1H3,(H,19,21). The Bertz CT molecular complexity index is 691. The van der Waals surface area contributed by atoms with Crippen LogP contribution in [0.25, 0.3) is 0 Å². The number of amides is 1. The number of nitrogen functional groups attached to an aromatic ring is 1. The number of carbonyl (C=O) groups is 1. The van der Waals surface area contributed by atoms with Crippen molar-refractivity contribution in [2.24, 2.45) is 0 Å². The van der Waals surface area contributed by atoms with E-state index in [0.717, 1.165) is 5.69 Å². The van der Waals surface area contributed by atoms with E-state index < -0.39 is 0 Å². The van der Waals surface area contributed by atoms with Gasteiger partial charge in [-0.25, -0.2) is 0 Å². The molecule has 0 saturated heterocycles. The molecular weight excluding hydrogens is 264 g/mol. The Morgan fingerprint density at radius 1 is 1.29 bits per heavy atom. The highest BCUT2D eigenvalue weighted by Crippen LogP contribution is 2.17. The van der Waals surface area contributed by atoms with Crippen molar-refractivity contribution in [2.45, 2.75) is 0 Å². The summed E-state index contributed by atoms with van der Waals surface area (Å²) in [5.41, 5.74) is 8.28. The lowest BCUT2D eigenvalue weighted by molar-refractivity contribution is -0.114. The summed E-state index contributed by atoms with van der Waals surface area (Å²) in [7, 11) is 1.80. The zero-order valence-corrected chi connectivity index (χ0v) is 11.7. The van der Waals surface area contributed by atoms with Crippen molar-refractivity contribution >= 4 is 23.0 Å². The van der Waals surface area contributed by atoms with E-state index in [0.29, 0.717) is 16.9 Å². The van der Waals surface area contributed by atoms with Gasteiger partial charge in [-0.2, -0.15) is 5.26 Å². The molecule has 0 aliphatic carbocycles. The zero-order valence-electron chi connectivity index (χ0n) is 11.7. The van der Waals surface area contributed by atoms with Crippen molar-refractivity contribution in [2.75, 3.05) is 29.5 Å². The quantitative estimate of drug-likeness (QED) is 0.841. The van der Waals surface area contributed by atoms with Crippen LogP contribution in [0.3, 0.4) is 0 Å². The second kappa shape index (κ2) is 6.44. The lowest BCUT2D eigenvalue weighted by Gasteiger charge is -2.19. The van der Waals surface area contributed by atoms with Crippen molar-refractivity contribution in [1.82, 2.24) is 0 Å². The van der Waals surface area contributed by atoms with E-state index in [1.807, 2.05) is 18.2 Å². The molecular formula is C16H16N4O. The molecule has 0 saturated carbocycles. The molecule has 1 amide bonds. The number of hydrogen-bond donors (Lipinski definition) is 2. The first-order valence-electron chi connectivity index (χ1n) is 6.46. The molecule has 106 valence electrons. The van der Waals surface area contributed by atoms with Crippen molar-refractivity contribution < 1.29 is 4.79 Å². The predicted octanol–water partition coefficient (Wildman–Crippen LogP) is 2.22. The molecule has 2 aromatic rings. The number of rotatable bonds is 4. The number of nitrogens with one attached hydrogen (secondary N) is 1. The van der Waals surface area contributed by atoms with Crippen LogP contribution in [0.1, 0.15) is 5.56 Å². The van der Waals surface area contributed by atoms with E-state index in [9.17, 15) is 4.79 Å². The maximum Gasteiger partial charge on any atom is 0.243 e. The van der Waals surface area contributed by atoms with Crippen LogP contribution in [-0.2, 0) is 4.79 Å². The average Bonchev–Trinajstić information content (AvgIpc) is 2.49. The SMILES string of the molecule is CN(CC(=O)Nc1ccccc1N)c1cccc(C#N)c1. The van der Waals surface area contributed by atoms with Gasteiger partial charge in [0.2, 0.25) is 5.91 Å². The molecule has 0 fully saturated rings. The van der Waals surface area contributed by atoms with Gasteiger partial charge in [-0.15, -0.1) is 0 Å². The molecule has 5 nitrogen and oxygen atoms in total. The Morgan fingerprint density at radius 2 is 2.05 bits per heavy atom. The summed E-state index contributed by atoms with van der Waals surface area (Å²) in [4.78, 5) is 13.8. The summed E-state index contributed by atoms with van der Waals surface area (Å²) in [5, 5.41) is 11.7. The van der Waals surface area contributed by atoms with Crippen LogP contribution < -0.4 is 16.0 Å². The number of carbonyl (C=O) groups excluding carboxylic acids is 1. The molecule has 21 heavy (non-hydrogen) atoms. The fraction of sp³-hybridized carbons (Fsp3) is 0.125. The summed E-state index contributed by atoms with van der Waals surface area (Å²) in [6, 6.07) is 16.3. The maximum atomic E-state index is 12.0. The lowest BCUT2D eigenvalue weighted by Crippen LogP contribution is -2.30. The van der Waals surface area contributed by atoms with E-state index in [4.69, 9.17) is 11.0 Å². The molecule has 0 bridgehead atoms. The Labute approximate surface area is 123 Å². The number of para-hydroxylation sites is 2. The smallest absolute Gasteiger partial charge is 0.243 e. The molecule has 2 rings (SSSR count). The minimum atomic E-state index is -0.169. The third kappa shape index (κ3) is 3.74. The molecule has 0 heterocycles. The summed E-state index contributed by atoms with van der Waals surface area (Å²) in [6.45, 7) is 0.170. The van der Waals surface area contributed by atoms with E-state index in [1.165, 1.54) is 0 Å². The Hall–Kier alpha value is -3.00. The topological polar surface area (TPSA) is 82.2 Å². The van der Waals surface area contributed by atoms with Crippen molar-refractivity contribution in [3.63, 3.8) is 0 Å². The van der Waals surface area contributed by atoms with Gasteiger partial charge in [-0.05, 0) is 30.3 Å². The van der Waals surface area contributed by atoms with Crippen LogP contribution in [0.15, 0.2) is 48.5 Å². The highest BCUT2D eigenvalue weighted by molar-refractivity contribution is 5.96. The normalized spacial score (nSPS) is 9.71. The largest absolute Gasteiger partial charge is 0.397 e. The summed E-state index contributed by atoms with van der Waals surface area (Å²) < 4.78 is 0. The van der Waals surface area contributed by atoms with Crippen LogP contribution in [0.4, 0.5) is 17.1 Å². The molecule has 0 radical (unpaired) electrons.